The third-order valence-electron chi connectivity index (χ3n) is 4.55. The number of aliphatic carboxylic acids is 1. The molecule has 0 saturated carbocycles. The maximum Gasteiger partial charge on any atom is 0.303 e. The number of hydrogen-bond acceptors (Lipinski definition) is 4. The molecule has 0 aliphatic rings. The minimum absolute atomic E-state index is 0.0222. The molecule has 2 N–H and O–H groups in total. The summed E-state index contributed by atoms with van der Waals surface area (Å²) in [6, 6.07) is 11.5. The first kappa shape index (κ1) is 21.2. The Morgan fingerprint density at radius 2 is 1.93 bits per heavy atom. The molecule has 0 aliphatic heterocycles. The first-order valence-electron chi connectivity index (χ1n) is 8.93. The van der Waals surface area contributed by atoms with Crippen molar-refractivity contribution in [2.45, 2.75) is 24.3 Å². The van der Waals surface area contributed by atoms with Crippen LogP contribution >= 0.6 is 11.6 Å². The van der Waals surface area contributed by atoms with Gasteiger partial charge in [-0.3, -0.25) is 4.79 Å². The van der Waals surface area contributed by atoms with Crippen LogP contribution in [0.5, 0.6) is 5.75 Å². The lowest BCUT2D eigenvalue weighted by Gasteiger charge is -2.09. The average molecular weight is 437 g/mol. The highest BCUT2D eigenvalue weighted by Gasteiger charge is 2.15. The Hall–Kier alpha value is -2.55. The van der Waals surface area contributed by atoms with Crippen LogP contribution in [0.4, 0.5) is 0 Å². The first-order chi connectivity index (χ1) is 13.8. The average Bonchev–Trinajstić information content (AvgIpc) is 3.03. The van der Waals surface area contributed by atoms with Crippen LogP contribution in [-0.4, -0.2) is 37.7 Å². The van der Waals surface area contributed by atoms with Gasteiger partial charge in [-0.1, -0.05) is 11.6 Å². The predicted molar refractivity (Wildman–Crippen MR) is 111 cm³/mol. The number of aryl methyl sites for hydroxylation is 1. The van der Waals surface area contributed by atoms with Gasteiger partial charge in [0, 0.05) is 42.2 Å². The number of benzene rings is 2. The number of ether oxygens (including phenoxy) is 1. The van der Waals surface area contributed by atoms with Crippen LogP contribution in [0, 0.1) is 0 Å². The summed E-state index contributed by atoms with van der Waals surface area (Å²) >= 11 is 5.81. The lowest BCUT2D eigenvalue weighted by molar-refractivity contribution is -0.136. The Morgan fingerprint density at radius 3 is 2.59 bits per heavy atom. The van der Waals surface area contributed by atoms with E-state index in [4.69, 9.17) is 21.4 Å². The van der Waals surface area contributed by atoms with E-state index in [2.05, 4.69) is 4.72 Å². The molecule has 3 rings (SSSR count). The van der Waals surface area contributed by atoms with E-state index in [1.165, 1.54) is 24.3 Å². The monoisotopic (exact) mass is 436 g/mol. The van der Waals surface area contributed by atoms with E-state index in [1.807, 2.05) is 29.0 Å². The van der Waals surface area contributed by atoms with Crippen LogP contribution in [0.15, 0.2) is 53.6 Å². The third kappa shape index (κ3) is 5.09. The molecule has 1 heterocycles. The maximum absolute atomic E-state index is 12.4. The molecule has 154 valence electrons. The van der Waals surface area contributed by atoms with Gasteiger partial charge < -0.3 is 14.4 Å². The van der Waals surface area contributed by atoms with Crippen molar-refractivity contribution in [1.82, 2.24) is 9.29 Å². The van der Waals surface area contributed by atoms with Gasteiger partial charge in [-0.2, -0.15) is 0 Å². The molecular weight excluding hydrogens is 416 g/mol. The molecular formula is C20H21ClN2O5S. The van der Waals surface area contributed by atoms with Gasteiger partial charge in [0.25, 0.3) is 0 Å². The smallest absolute Gasteiger partial charge is 0.303 e. The van der Waals surface area contributed by atoms with Gasteiger partial charge in [-0.15, -0.1) is 0 Å². The van der Waals surface area contributed by atoms with Crippen molar-refractivity contribution in [2.75, 3.05) is 13.7 Å². The van der Waals surface area contributed by atoms with Gasteiger partial charge in [-0.25, -0.2) is 13.1 Å². The molecule has 0 saturated heterocycles. The van der Waals surface area contributed by atoms with Crippen LogP contribution < -0.4 is 9.46 Å². The highest BCUT2D eigenvalue weighted by Crippen LogP contribution is 2.27. The molecule has 3 aromatic rings. The fourth-order valence-corrected chi connectivity index (χ4v) is 4.25. The van der Waals surface area contributed by atoms with E-state index in [-0.39, 0.29) is 17.9 Å². The lowest BCUT2D eigenvalue weighted by Crippen LogP contribution is -2.27. The zero-order valence-electron chi connectivity index (χ0n) is 15.8. The summed E-state index contributed by atoms with van der Waals surface area (Å²) < 4.78 is 34.6. The van der Waals surface area contributed by atoms with E-state index >= 15 is 0 Å². The van der Waals surface area contributed by atoms with Crippen LogP contribution in [0.1, 0.15) is 12.0 Å². The number of carboxylic acid groups (broad SMARTS) is 1. The molecule has 29 heavy (non-hydrogen) atoms. The van der Waals surface area contributed by atoms with Gasteiger partial charge >= 0.3 is 5.97 Å². The Labute approximate surface area is 173 Å². The van der Waals surface area contributed by atoms with Crippen LogP contribution in [-0.2, 0) is 27.8 Å². The van der Waals surface area contributed by atoms with Crippen molar-refractivity contribution in [2.24, 2.45) is 0 Å². The zero-order chi connectivity index (χ0) is 21.0. The van der Waals surface area contributed by atoms with E-state index in [0.29, 0.717) is 23.7 Å². The minimum atomic E-state index is -3.65. The minimum Gasteiger partial charge on any atom is -0.497 e. The van der Waals surface area contributed by atoms with Crippen molar-refractivity contribution >= 4 is 38.5 Å². The number of hydrogen-bond donors (Lipinski definition) is 2. The highest BCUT2D eigenvalue weighted by molar-refractivity contribution is 7.89. The summed E-state index contributed by atoms with van der Waals surface area (Å²) in [6.07, 6.45) is 2.28. The number of fused-ring (bicyclic) bond motifs is 1. The largest absolute Gasteiger partial charge is 0.497 e. The number of aromatic nitrogens is 1. The maximum atomic E-state index is 12.4. The molecule has 0 radical (unpaired) electrons. The number of methoxy groups -OCH3 is 1. The Kier molecular flexibility index (Phi) is 6.46. The van der Waals surface area contributed by atoms with Crippen molar-refractivity contribution in [3.05, 3.63) is 59.2 Å². The number of halogens is 1. The summed E-state index contributed by atoms with van der Waals surface area (Å²) in [6.45, 7) is 0.549. The van der Waals surface area contributed by atoms with Gasteiger partial charge in [-0.05, 0) is 48.4 Å². The molecule has 0 unspecified atom stereocenters. The topological polar surface area (TPSA) is 97.6 Å². The Bertz CT molecular complexity index is 1120. The standard InChI is InChI=1S/C20H21ClN2O5S/c1-28-16-5-8-18-14(2-9-20(24)25)13-23(19(18)12-16)11-10-22-29(26,27)17-6-3-15(21)4-7-17/h3-8,12-13,22H,2,9-11H2,1H3,(H,24,25). The van der Waals surface area contributed by atoms with Crippen molar-refractivity contribution in [3.63, 3.8) is 0 Å². The summed E-state index contributed by atoms with van der Waals surface area (Å²) in [5, 5.41) is 10.4. The quantitative estimate of drug-likeness (QED) is 0.536. The molecule has 2 aromatic carbocycles. The Balaban J connectivity index is 1.79. The lowest BCUT2D eigenvalue weighted by atomic mass is 10.1. The molecule has 0 bridgehead atoms. The fraction of sp³-hybridized carbons (Fsp3) is 0.250. The van der Waals surface area contributed by atoms with Crippen LogP contribution in [0.3, 0.4) is 0 Å². The zero-order valence-corrected chi connectivity index (χ0v) is 17.3. The molecule has 0 atom stereocenters. The van der Waals surface area contributed by atoms with Crippen molar-refractivity contribution in [1.29, 1.82) is 0 Å². The molecule has 0 amide bonds. The van der Waals surface area contributed by atoms with Crippen molar-refractivity contribution < 1.29 is 23.1 Å². The fourth-order valence-electron chi connectivity index (χ4n) is 3.10. The predicted octanol–water partition coefficient (Wildman–Crippen LogP) is 3.30. The normalized spacial score (nSPS) is 11.7. The number of carbonyl (C=O) groups is 1. The summed E-state index contributed by atoms with van der Waals surface area (Å²) in [7, 11) is -2.08. The Morgan fingerprint density at radius 1 is 1.21 bits per heavy atom. The molecule has 0 spiro atoms. The molecule has 9 heteroatoms. The van der Waals surface area contributed by atoms with Gasteiger partial charge in [0.05, 0.1) is 17.5 Å². The third-order valence-corrected chi connectivity index (χ3v) is 6.28. The SMILES string of the molecule is COc1ccc2c(CCC(=O)O)cn(CCNS(=O)(=O)c3ccc(Cl)cc3)c2c1. The van der Waals surface area contributed by atoms with E-state index in [1.54, 1.807) is 7.11 Å². The number of sulfonamides is 1. The van der Waals surface area contributed by atoms with E-state index in [0.717, 1.165) is 16.5 Å². The van der Waals surface area contributed by atoms with E-state index < -0.39 is 16.0 Å². The van der Waals surface area contributed by atoms with Crippen LogP contribution in [0.2, 0.25) is 5.02 Å². The molecule has 0 aliphatic carbocycles. The van der Waals surface area contributed by atoms with E-state index in [9.17, 15) is 13.2 Å². The molecule has 7 nitrogen and oxygen atoms in total. The van der Waals surface area contributed by atoms with Crippen molar-refractivity contribution in [3.8, 4) is 5.75 Å². The molecule has 0 fully saturated rings. The second kappa shape index (κ2) is 8.86. The first-order valence-corrected chi connectivity index (χ1v) is 10.8. The summed E-state index contributed by atoms with van der Waals surface area (Å²) in [4.78, 5) is 11.1. The summed E-state index contributed by atoms with van der Waals surface area (Å²) in [5.41, 5.74) is 1.75. The van der Waals surface area contributed by atoms with Gasteiger partial charge in [0.1, 0.15) is 5.75 Å². The van der Waals surface area contributed by atoms with Gasteiger partial charge in [0.2, 0.25) is 10.0 Å². The van der Waals surface area contributed by atoms with Crippen LogP contribution in [0.25, 0.3) is 10.9 Å². The van der Waals surface area contributed by atoms with Gasteiger partial charge in [0.15, 0.2) is 0 Å². The number of nitrogens with zero attached hydrogens (tertiary/aromatic N) is 1. The number of rotatable bonds is 9. The molecule has 1 aromatic heterocycles. The highest BCUT2D eigenvalue weighted by atomic mass is 35.5. The summed E-state index contributed by atoms with van der Waals surface area (Å²) in [5.74, 6) is -0.196. The second-order valence-electron chi connectivity index (χ2n) is 6.48. The second-order valence-corrected chi connectivity index (χ2v) is 8.68. The number of carboxylic acids is 1. The number of nitrogens with one attached hydrogen (secondary N) is 1.